The predicted octanol–water partition coefficient (Wildman–Crippen LogP) is 4.97. The van der Waals surface area contributed by atoms with Gasteiger partial charge in [-0.15, -0.1) is 0 Å². The van der Waals surface area contributed by atoms with Crippen molar-refractivity contribution in [2.75, 3.05) is 7.05 Å². The summed E-state index contributed by atoms with van der Waals surface area (Å²) in [5, 5.41) is 4.35. The molecular weight excluding hydrogens is 358 g/mol. The summed E-state index contributed by atoms with van der Waals surface area (Å²) in [6.07, 6.45) is 0. The van der Waals surface area contributed by atoms with Crippen molar-refractivity contribution in [2.45, 2.75) is 32.7 Å². The lowest BCUT2D eigenvalue weighted by molar-refractivity contribution is 0.494. The van der Waals surface area contributed by atoms with Crippen LogP contribution in [-0.2, 0) is 12.0 Å². The lowest BCUT2D eigenvalue weighted by atomic mass is 9.85. The van der Waals surface area contributed by atoms with Gasteiger partial charge in [-0.25, -0.2) is 0 Å². The summed E-state index contributed by atoms with van der Waals surface area (Å²) in [5.41, 5.74) is 2.25. The van der Waals surface area contributed by atoms with E-state index >= 15 is 0 Å². The summed E-state index contributed by atoms with van der Waals surface area (Å²) < 4.78 is 8.07. The zero-order valence-electron chi connectivity index (χ0n) is 11.0. The van der Waals surface area contributed by atoms with E-state index in [0.29, 0.717) is 0 Å². The van der Waals surface area contributed by atoms with Crippen LogP contribution >= 0.6 is 31.9 Å². The smallest absolute Gasteiger partial charge is 0.148 e. The van der Waals surface area contributed by atoms with Crippen molar-refractivity contribution in [3.8, 4) is 0 Å². The van der Waals surface area contributed by atoms with Gasteiger partial charge in [-0.1, -0.05) is 36.7 Å². The topological polar surface area (TPSA) is 25.2 Å². The monoisotopic (exact) mass is 373 g/mol. The Morgan fingerprint density at radius 1 is 1.22 bits per heavy atom. The molecule has 0 bridgehead atoms. The molecule has 2 rings (SSSR count). The second kappa shape index (κ2) is 4.99. The molecule has 18 heavy (non-hydrogen) atoms. The van der Waals surface area contributed by atoms with E-state index in [1.807, 2.05) is 13.1 Å². The van der Waals surface area contributed by atoms with Crippen LogP contribution in [0.15, 0.2) is 25.5 Å². The fourth-order valence-corrected chi connectivity index (χ4v) is 3.59. The van der Waals surface area contributed by atoms with Gasteiger partial charge in [-0.05, 0) is 40.5 Å². The molecule has 0 fully saturated rings. The molecule has 1 N–H and O–H groups in total. The van der Waals surface area contributed by atoms with Gasteiger partial charge in [0.2, 0.25) is 0 Å². The SMILES string of the molecule is CNCc1oc2c(Br)cc(Br)cc2c1C(C)(C)C. The van der Waals surface area contributed by atoms with E-state index in [-0.39, 0.29) is 5.41 Å². The minimum atomic E-state index is 0.0532. The highest BCUT2D eigenvalue weighted by molar-refractivity contribution is 9.11. The summed E-state index contributed by atoms with van der Waals surface area (Å²) in [6, 6.07) is 4.14. The Kier molecular flexibility index (Phi) is 3.90. The number of halogens is 2. The summed E-state index contributed by atoms with van der Waals surface area (Å²) in [5.74, 6) is 1.01. The van der Waals surface area contributed by atoms with Crippen LogP contribution in [-0.4, -0.2) is 7.05 Å². The van der Waals surface area contributed by atoms with Gasteiger partial charge in [0.05, 0.1) is 11.0 Å². The molecule has 0 unspecified atom stereocenters. The molecule has 2 nitrogen and oxygen atoms in total. The lowest BCUT2D eigenvalue weighted by Crippen LogP contribution is -2.15. The zero-order chi connectivity index (χ0) is 13.5. The standard InChI is InChI=1S/C14H17Br2NO/c1-14(2,3)12-9-5-8(15)6-10(16)13(9)18-11(12)7-17-4/h5-6,17H,7H2,1-4H3. The molecule has 0 radical (unpaired) electrons. The minimum Gasteiger partial charge on any atom is -0.458 e. The number of hydrogen-bond donors (Lipinski definition) is 1. The fraction of sp³-hybridized carbons (Fsp3) is 0.429. The molecule has 98 valence electrons. The molecule has 2 aromatic rings. The first-order chi connectivity index (χ1) is 8.34. The molecule has 0 saturated carbocycles. The Labute approximate surface area is 124 Å². The van der Waals surface area contributed by atoms with Crippen LogP contribution in [0.4, 0.5) is 0 Å². The van der Waals surface area contributed by atoms with Crippen LogP contribution in [0.5, 0.6) is 0 Å². The first kappa shape index (κ1) is 14.1. The first-order valence-corrected chi connectivity index (χ1v) is 7.48. The van der Waals surface area contributed by atoms with E-state index in [2.05, 4.69) is 64.0 Å². The number of hydrogen-bond acceptors (Lipinski definition) is 2. The Hall–Kier alpha value is -0.320. The van der Waals surface area contributed by atoms with Gasteiger partial charge in [0.25, 0.3) is 0 Å². The van der Waals surface area contributed by atoms with Crippen LogP contribution in [0.1, 0.15) is 32.1 Å². The highest BCUT2D eigenvalue weighted by atomic mass is 79.9. The van der Waals surface area contributed by atoms with Gasteiger partial charge in [0.1, 0.15) is 11.3 Å². The van der Waals surface area contributed by atoms with Gasteiger partial charge in [-0.3, -0.25) is 0 Å². The third-order valence-corrected chi connectivity index (χ3v) is 3.92. The maximum absolute atomic E-state index is 6.02. The first-order valence-electron chi connectivity index (χ1n) is 5.90. The molecule has 0 atom stereocenters. The average Bonchev–Trinajstić information content (AvgIpc) is 2.56. The van der Waals surface area contributed by atoms with Gasteiger partial charge in [0.15, 0.2) is 0 Å². The maximum Gasteiger partial charge on any atom is 0.148 e. The number of fused-ring (bicyclic) bond motifs is 1. The molecule has 1 heterocycles. The van der Waals surface area contributed by atoms with Crippen LogP contribution in [0, 0.1) is 0 Å². The van der Waals surface area contributed by atoms with Crippen molar-refractivity contribution in [1.29, 1.82) is 0 Å². The number of rotatable bonds is 2. The van der Waals surface area contributed by atoms with E-state index in [4.69, 9.17) is 4.42 Å². The molecule has 0 aliphatic rings. The largest absolute Gasteiger partial charge is 0.458 e. The van der Waals surface area contributed by atoms with Crippen LogP contribution in [0.2, 0.25) is 0 Å². The van der Waals surface area contributed by atoms with Crippen molar-refractivity contribution < 1.29 is 4.42 Å². The van der Waals surface area contributed by atoms with Gasteiger partial charge in [-0.2, -0.15) is 0 Å². The molecule has 0 amide bonds. The highest BCUT2D eigenvalue weighted by Crippen LogP contribution is 2.40. The van der Waals surface area contributed by atoms with Crippen molar-refractivity contribution in [2.24, 2.45) is 0 Å². The molecule has 0 spiro atoms. The molecule has 1 aromatic heterocycles. The normalized spacial score (nSPS) is 12.3. The third kappa shape index (κ3) is 2.51. The molecule has 0 aliphatic heterocycles. The predicted molar refractivity (Wildman–Crippen MR) is 83.1 cm³/mol. The second-order valence-corrected chi connectivity index (χ2v) is 7.21. The lowest BCUT2D eigenvalue weighted by Gasteiger charge is -2.19. The summed E-state index contributed by atoms with van der Waals surface area (Å²) in [7, 11) is 1.94. The quantitative estimate of drug-likeness (QED) is 0.802. The number of furan rings is 1. The van der Waals surface area contributed by atoms with E-state index in [9.17, 15) is 0 Å². The van der Waals surface area contributed by atoms with Crippen LogP contribution in [0.25, 0.3) is 11.0 Å². The Bertz CT molecular complexity index is 581. The van der Waals surface area contributed by atoms with Crippen molar-refractivity contribution in [3.63, 3.8) is 0 Å². The van der Waals surface area contributed by atoms with Crippen molar-refractivity contribution in [3.05, 3.63) is 32.4 Å². The Balaban J connectivity index is 2.81. The molecular formula is C14H17Br2NO. The Morgan fingerprint density at radius 3 is 2.44 bits per heavy atom. The number of nitrogens with one attached hydrogen (secondary N) is 1. The average molecular weight is 375 g/mol. The molecule has 4 heteroatoms. The zero-order valence-corrected chi connectivity index (χ0v) is 14.2. The van der Waals surface area contributed by atoms with Crippen molar-refractivity contribution in [1.82, 2.24) is 5.32 Å². The number of benzene rings is 1. The fourth-order valence-electron chi connectivity index (χ4n) is 2.28. The molecule has 0 aliphatic carbocycles. The van der Waals surface area contributed by atoms with Crippen LogP contribution < -0.4 is 5.32 Å². The van der Waals surface area contributed by atoms with Gasteiger partial charge in [0, 0.05) is 15.4 Å². The summed E-state index contributed by atoms with van der Waals surface area (Å²) >= 11 is 7.11. The van der Waals surface area contributed by atoms with E-state index in [1.54, 1.807) is 0 Å². The highest BCUT2D eigenvalue weighted by Gasteiger charge is 2.25. The van der Waals surface area contributed by atoms with E-state index < -0.39 is 0 Å². The van der Waals surface area contributed by atoms with Crippen molar-refractivity contribution >= 4 is 42.8 Å². The summed E-state index contributed by atoms with van der Waals surface area (Å²) in [6.45, 7) is 7.38. The third-order valence-electron chi connectivity index (χ3n) is 2.87. The van der Waals surface area contributed by atoms with E-state index in [1.165, 1.54) is 10.9 Å². The maximum atomic E-state index is 6.02. The minimum absolute atomic E-state index is 0.0532. The molecule has 1 aromatic carbocycles. The van der Waals surface area contributed by atoms with Crippen LogP contribution in [0.3, 0.4) is 0 Å². The summed E-state index contributed by atoms with van der Waals surface area (Å²) in [4.78, 5) is 0. The second-order valence-electron chi connectivity index (χ2n) is 5.44. The Morgan fingerprint density at radius 2 is 1.89 bits per heavy atom. The molecule has 0 saturated heterocycles. The van der Waals surface area contributed by atoms with Gasteiger partial charge < -0.3 is 9.73 Å². The van der Waals surface area contributed by atoms with Gasteiger partial charge >= 0.3 is 0 Å². The van der Waals surface area contributed by atoms with E-state index in [0.717, 1.165) is 26.8 Å².